The number of hydrogen-bond donors (Lipinski definition) is 0. The van der Waals surface area contributed by atoms with Crippen LogP contribution in [0, 0.1) is 17.0 Å². The maximum absolute atomic E-state index is 12.7. The van der Waals surface area contributed by atoms with Gasteiger partial charge in [0.25, 0.3) is 5.69 Å². The molecule has 1 saturated heterocycles. The van der Waals surface area contributed by atoms with Gasteiger partial charge in [-0.2, -0.15) is 0 Å². The largest absolute Gasteiger partial charge is 0.363 e. The van der Waals surface area contributed by atoms with Crippen molar-refractivity contribution in [2.75, 3.05) is 31.1 Å². The van der Waals surface area contributed by atoms with Crippen LogP contribution in [-0.4, -0.2) is 46.9 Å². The van der Waals surface area contributed by atoms with Crippen LogP contribution in [0.5, 0.6) is 0 Å². The summed E-state index contributed by atoms with van der Waals surface area (Å²) in [7, 11) is 0. The number of carbonyl (C=O) groups excluding carboxylic acids is 1. The van der Waals surface area contributed by atoms with Crippen LogP contribution in [0.2, 0.25) is 0 Å². The first-order valence-corrected chi connectivity index (χ1v) is 9.79. The number of ketones is 1. The van der Waals surface area contributed by atoms with E-state index >= 15 is 0 Å². The molecule has 0 spiro atoms. The number of aryl methyl sites for hydroxylation is 1. The summed E-state index contributed by atoms with van der Waals surface area (Å²) in [5, 5.41) is 15.6. The third-order valence-corrected chi connectivity index (χ3v) is 5.24. The van der Waals surface area contributed by atoms with Gasteiger partial charge >= 0.3 is 0 Å². The lowest BCUT2D eigenvalue weighted by Crippen LogP contribution is -2.46. The Kier molecular flexibility index (Phi) is 5.58. The fourth-order valence-electron chi connectivity index (χ4n) is 3.69. The number of carbonyl (C=O) groups is 1. The van der Waals surface area contributed by atoms with Gasteiger partial charge in [-0.25, -0.2) is 0 Å². The van der Waals surface area contributed by atoms with Gasteiger partial charge in [0.2, 0.25) is 0 Å². The summed E-state index contributed by atoms with van der Waals surface area (Å²) in [5.74, 6) is 0.591. The molecule has 2 aromatic carbocycles. The van der Waals surface area contributed by atoms with Crippen molar-refractivity contribution in [2.45, 2.75) is 13.5 Å². The topological polar surface area (TPSA) is 92.7 Å². The fourth-order valence-corrected chi connectivity index (χ4v) is 3.69. The highest BCUT2D eigenvalue weighted by Gasteiger charge is 2.26. The van der Waals surface area contributed by atoms with E-state index in [1.807, 2.05) is 24.0 Å². The SMILES string of the molecule is Cc1cc(CN2CCN(c3ccc(C(=O)c4ccccc4)cc3[N+](=O)[O-])CC2)on1. The lowest BCUT2D eigenvalue weighted by Gasteiger charge is -2.35. The first-order chi connectivity index (χ1) is 14.5. The third kappa shape index (κ3) is 4.23. The molecule has 0 bridgehead atoms. The Hall–Kier alpha value is -3.52. The molecule has 0 saturated carbocycles. The van der Waals surface area contributed by atoms with Gasteiger partial charge in [0.05, 0.1) is 17.2 Å². The summed E-state index contributed by atoms with van der Waals surface area (Å²) in [6, 6.07) is 15.4. The Morgan fingerprint density at radius 3 is 2.43 bits per heavy atom. The fraction of sp³-hybridized carbons (Fsp3) is 0.273. The first kappa shape index (κ1) is 19.8. The number of aromatic nitrogens is 1. The Morgan fingerprint density at radius 1 is 1.07 bits per heavy atom. The number of hydrogen-bond acceptors (Lipinski definition) is 7. The molecule has 1 fully saturated rings. The standard InChI is InChI=1S/C22H22N4O4/c1-16-13-19(30-23-16)15-24-9-11-25(12-10-24)20-8-7-18(14-21(20)26(28)29)22(27)17-5-3-2-4-6-17/h2-8,13-14H,9-12,15H2,1H3. The van der Waals surface area contributed by atoms with Crippen LogP contribution in [0.15, 0.2) is 59.1 Å². The average Bonchev–Trinajstić information content (AvgIpc) is 3.18. The van der Waals surface area contributed by atoms with Crippen LogP contribution >= 0.6 is 0 Å². The molecule has 30 heavy (non-hydrogen) atoms. The quantitative estimate of drug-likeness (QED) is 0.352. The minimum atomic E-state index is -0.416. The second-order valence-electron chi connectivity index (χ2n) is 7.35. The van der Waals surface area contributed by atoms with Crippen LogP contribution in [0.25, 0.3) is 0 Å². The smallest absolute Gasteiger partial charge is 0.293 e. The molecular formula is C22H22N4O4. The minimum absolute atomic E-state index is 0.0453. The zero-order chi connectivity index (χ0) is 21.1. The van der Waals surface area contributed by atoms with Gasteiger partial charge in [-0.05, 0) is 19.1 Å². The van der Waals surface area contributed by atoms with Crippen LogP contribution in [0.4, 0.5) is 11.4 Å². The molecule has 1 aromatic heterocycles. The first-order valence-electron chi connectivity index (χ1n) is 9.79. The number of nitro groups is 1. The second kappa shape index (κ2) is 8.46. The summed E-state index contributed by atoms with van der Waals surface area (Å²) < 4.78 is 5.27. The molecule has 8 nitrogen and oxygen atoms in total. The highest BCUT2D eigenvalue weighted by atomic mass is 16.6. The predicted octanol–water partition coefficient (Wildman–Crippen LogP) is 3.44. The summed E-state index contributed by atoms with van der Waals surface area (Å²) in [4.78, 5) is 28.2. The van der Waals surface area contributed by atoms with Crippen molar-refractivity contribution in [1.82, 2.24) is 10.1 Å². The lowest BCUT2D eigenvalue weighted by atomic mass is 10.0. The monoisotopic (exact) mass is 406 g/mol. The summed E-state index contributed by atoms with van der Waals surface area (Å²) in [5.41, 5.74) is 2.17. The molecule has 1 aliphatic heterocycles. The van der Waals surface area contributed by atoms with Gasteiger partial charge in [0.1, 0.15) is 5.69 Å². The van der Waals surface area contributed by atoms with E-state index in [1.54, 1.807) is 36.4 Å². The lowest BCUT2D eigenvalue weighted by molar-refractivity contribution is -0.384. The van der Waals surface area contributed by atoms with E-state index in [0.29, 0.717) is 36.4 Å². The van der Waals surface area contributed by atoms with Crippen LogP contribution < -0.4 is 4.90 Å². The molecule has 0 N–H and O–H groups in total. The highest BCUT2D eigenvalue weighted by molar-refractivity contribution is 6.09. The molecule has 154 valence electrons. The molecule has 0 atom stereocenters. The van der Waals surface area contributed by atoms with E-state index < -0.39 is 4.92 Å². The predicted molar refractivity (Wildman–Crippen MR) is 112 cm³/mol. The van der Waals surface area contributed by atoms with Crippen molar-refractivity contribution in [3.8, 4) is 0 Å². The third-order valence-electron chi connectivity index (χ3n) is 5.24. The molecule has 0 unspecified atom stereocenters. The maximum Gasteiger partial charge on any atom is 0.293 e. The van der Waals surface area contributed by atoms with E-state index in [1.165, 1.54) is 6.07 Å². The number of rotatable bonds is 6. The normalized spacial score (nSPS) is 14.6. The number of nitro benzene ring substituents is 1. The molecule has 2 heterocycles. The Bertz CT molecular complexity index is 1060. The van der Waals surface area contributed by atoms with E-state index in [-0.39, 0.29) is 11.5 Å². The molecule has 0 aliphatic carbocycles. The maximum atomic E-state index is 12.7. The van der Waals surface area contributed by atoms with Crippen molar-refractivity contribution in [1.29, 1.82) is 0 Å². The van der Waals surface area contributed by atoms with Gasteiger partial charge in [0, 0.05) is 49.4 Å². The molecule has 4 rings (SSSR count). The number of nitrogens with zero attached hydrogens (tertiary/aromatic N) is 4. The minimum Gasteiger partial charge on any atom is -0.363 e. The van der Waals surface area contributed by atoms with Gasteiger partial charge < -0.3 is 9.42 Å². The van der Waals surface area contributed by atoms with Gasteiger partial charge in [-0.3, -0.25) is 19.8 Å². The van der Waals surface area contributed by atoms with E-state index in [9.17, 15) is 14.9 Å². The Balaban J connectivity index is 1.49. The van der Waals surface area contributed by atoms with Crippen molar-refractivity contribution in [3.63, 3.8) is 0 Å². The Labute approximate surface area is 173 Å². The van der Waals surface area contributed by atoms with Gasteiger partial charge in [-0.15, -0.1) is 0 Å². The second-order valence-corrected chi connectivity index (χ2v) is 7.35. The number of piperazine rings is 1. The van der Waals surface area contributed by atoms with Crippen molar-refractivity contribution in [3.05, 3.63) is 87.3 Å². The molecule has 0 amide bonds. The average molecular weight is 406 g/mol. The molecule has 0 radical (unpaired) electrons. The van der Waals surface area contributed by atoms with E-state index in [2.05, 4.69) is 10.1 Å². The summed E-state index contributed by atoms with van der Waals surface area (Å²) >= 11 is 0. The molecule has 1 aliphatic rings. The van der Waals surface area contributed by atoms with Crippen molar-refractivity contribution >= 4 is 17.2 Å². The van der Waals surface area contributed by atoms with Crippen molar-refractivity contribution in [2.24, 2.45) is 0 Å². The van der Waals surface area contributed by atoms with E-state index in [0.717, 1.165) is 24.5 Å². The van der Waals surface area contributed by atoms with Crippen LogP contribution in [0.3, 0.4) is 0 Å². The number of anilines is 1. The Morgan fingerprint density at radius 2 is 1.80 bits per heavy atom. The molecule has 8 heteroatoms. The number of benzene rings is 2. The van der Waals surface area contributed by atoms with Crippen molar-refractivity contribution < 1.29 is 14.2 Å². The summed E-state index contributed by atoms with van der Waals surface area (Å²) in [6.07, 6.45) is 0. The zero-order valence-electron chi connectivity index (χ0n) is 16.7. The summed E-state index contributed by atoms with van der Waals surface area (Å²) in [6.45, 7) is 5.36. The molecule has 3 aromatic rings. The van der Waals surface area contributed by atoms with Crippen LogP contribution in [0.1, 0.15) is 27.4 Å². The van der Waals surface area contributed by atoms with Crippen LogP contribution in [-0.2, 0) is 6.54 Å². The highest BCUT2D eigenvalue weighted by Crippen LogP contribution is 2.31. The van der Waals surface area contributed by atoms with Gasteiger partial charge in [0.15, 0.2) is 11.5 Å². The van der Waals surface area contributed by atoms with E-state index in [4.69, 9.17) is 4.52 Å². The molecular weight excluding hydrogens is 384 g/mol. The zero-order valence-corrected chi connectivity index (χ0v) is 16.7. The van der Waals surface area contributed by atoms with Gasteiger partial charge in [-0.1, -0.05) is 35.5 Å².